The van der Waals surface area contributed by atoms with Crippen molar-refractivity contribution in [2.24, 2.45) is 17.8 Å². The average Bonchev–Trinajstić information content (AvgIpc) is 3.04. The van der Waals surface area contributed by atoms with Crippen LogP contribution in [0, 0.1) is 17.8 Å². The highest BCUT2D eigenvalue weighted by atomic mass is 16.4. The summed E-state index contributed by atoms with van der Waals surface area (Å²) < 4.78 is 0. The molecule has 3 atom stereocenters. The van der Waals surface area contributed by atoms with E-state index in [4.69, 9.17) is 0 Å². The Morgan fingerprint density at radius 3 is 2.62 bits per heavy atom. The van der Waals surface area contributed by atoms with Crippen LogP contribution in [0.5, 0.6) is 0 Å². The molecule has 1 aliphatic carbocycles. The minimum atomic E-state index is -0.879. The molecule has 0 bridgehead atoms. The fourth-order valence-corrected chi connectivity index (χ4v) is 2.95. The van der Waals surface area contributed by atoms with E-state index in [1.807, 2.05) is 20.8 Å². The van der Waals surface area contributed by atoms with Gasteiger partial charge in [0.2, 0.25) is 5.91 Å². The molecule has 1 saturated carbocycles. The summed E-state index contributed by atoms with van der Waals surface area (Å²) in [5.74, 6) is -1.09. The van der Waals surface area contributed by atoms with Crippen LogP contribution in [-0.4, -0.2) is 27.2 Å². The third kappa shape index (κ3) is 3.43. The van der Waals surface area contributed by atoms with Crippen LogP contribution in [-0.2, 0) is 9.59 Å². The van der Waals surface area contributed by atoms with Crippen molar-refractivity contribution in [2.75, 3.05) is 5.32 Å². The zero-order valence-electron chi connectivity index (χ0n) is 12.7. The molecule has 0 spiro atoms. The molecule has 6 heteroatoms. The molecule has 6 nitrogen and oxygen atoms in total. The number of carbonyl (C=O) groups excluding carboxylic acids is 1. The Morgan fingerprint density at radius 2 is 2.10 bits per heavy atom. The van der Waals surface area contributed by atoms with Crippen LogP contribution in [0.4, 0.5) is 5.82 Å². The third-order valence-electron chi connectivity index (χ3n) is 4.36. The Balaban J connectivity index is 2.05. The Kier molecular flexibility index (Phi) is 4.65. The fraction of sp³-hybridized carbons (Fsp3) is 0.667. The molecule has 1 aliphatic rings. The molecule has 0 aliphatic heterocycles. The quantitative estimate of drug-likeness (QED) is 0.777. The molecule has 1 unspecified atom stereocenters. The van der Waals surface area contributed by atoms with Crippen LogP contribution < -0.4 is 5.32 Å². The summed E-state index contributed by atoms with van der Waals surface area (Å²) in [5, 5.41) is 19.0. The fourth-order valence-electron chi connectivity index (χ4n) is 2.95. The van der Waals surface area contributed by atoms with Crippen molar-refractivity contribution in [1.29, 1.82) is 0 Å². The highest BCUT2D eigenvalue weighted by Crippen LogP contribution is 2.39. The third-order valence-corrected chi connectivity index (χ3v) is 4.36. The number of aromatic amines is 1. The topological polar surface area (TPSA) is 95.1 Å². The molecular weight excluding hydrogens is 270 g/mol. The maximum Gasteiger partial charge on any atom is 0.307 e. The molecule has 1 amide bonds. The van der Waals surface area contributed by atoms with Crippen LogP contribution >= 0.6 is 0 Å². The highest BCUT2D eigenvalue weighted by molar-refractivity contribution is 5.94. The zero-order valence-corrected chi connectivity index (χ0v) is 12.7. The first-order valence-electron chi connectivity index (χ1n) is 7.51. The van der Waals surface area contributed by atoms with Crippen molar-refractivity contribution in [3.63, 3.8) is 0 Å². The molecule has 0 saturated heterocycles. The van der Waals surface area contributed by atoms with Gasteiger partial charge in [0, 0.05) is 11.8 Å². The Morgan fingerprint density at radius 1 is 1.43 bits per heavy atom. The van der Waals surface area contributed by atoms with Crippen LogP contribution in [0.25, 0.3) is 0 Å². The summed E-state index contributed by atoms with van der Waals surface area (Å²) in [7, 11) is 0. The SMILES string of the molecule is CCC1C[C@H](C(=O)Nc2cc(C(C)C)[nH]n2)[C@H](C(=O)O)C1. The molecule has 3 N–H and O–H groups in total. The van der Waals surface area contributed by atoms with Gasteiger partial charge in [-0.15, -0.1) is 0 Å². The number of aromatic nitrogens is 2. The van der Waals surface area contributed by atoms with Crippen LogP contribution in [0.2, 0.25) is 0 Å². The lowest BCUT2D eigenvalue weighted by Crippen LogP contribution is -2.30. The van der Waals surface area contributed by atoms with E-state index in [9.17, 15) is 14.7 Å². The summed E-state index contributed by atoms with van der Waals surface area (Å²) in [5.41, 5.74) is 0.943. The van der Waals surface area contributed by atoms with E-state index in [1.165, 1.54) is 0 Å². The smallest absolute Gasteiger partial charge is 0.307 e. The van der Waals surface area contributed by atoms with Crippen LogP contribution in [0.1, 0.15) is 51.6 Å². The van der Waals surface area contributed by atoms with Crippen LogP contribution in [0.15, 0.2) is 6.07 Å². The molecule has 21 heavy (non-hydrogen) atoms. The predicted octanol–water partition coefficient (Wildman–Crippen LogP) is 2.61. The van der Waals surface area contributed by atoms with Crippen molar-refractivity contribution in [3.8, 4) is 0 Å². The predicted molar refractivity (Wildman–Crippen MR) is 78.9 cm³/mol. The number of rotatable bonds is 5. The van der Waals surface area contributed by atoms with Crippen LogP contribution in [0.3, 0.4) is 0 Å². The minimum absolute atomic E-state index is 0.236. The lowest BCUT2D eigenvalue weighted by molar-refractivity contribution is -0.145. The van der Waals surface area contributed by atoms with Crippen molar-refractivity contribution in [1.82, 2.24) is 10.2 Å². The first-order valence-corrected chi connectivity index (χ1v) is 7.51. The van der Waals surface area contributed by atoms with Gasteiger partial charge < -0.3 is 10.4 Å². The lowest BCUT2D eigenvalue weighted by Gasteiger charge is -2.14. The van der Waals surface area contributed by atoms with Gasteiger partial charge in [0.15, 0.2) is 5.82 Å². The molecular formula is C15H23N3O3. The normalized spacial score (nSPS) is 25.2. The number of hydrogen-bond donors (Lipinski definition) is 3. The first-order chi connectivity index (χ1) is 9.92. The molecule has 1 aromatic heterocycles. The van der Waals surface area contributed by atoms with E-state index in [0.717, 1.165) is 12.1 Å². The van der Waals surface area contributed by atoms with Gasteiger partial charge in [0.1, 0.15) is 0 Å². The van der Waals surface area contributed by atoms with E-state index >= 15 is 0 Å². The molecule has 1 heterocycles. The summed E-state index contributed by atoms with van der Waals surface area (Å²) in [6.07, 6.45) is 2.13. The summed E-state index contributed by atoms with van der Waals surface area (Å²) in [6.45, 7) is 6.09. The average molecular weight is 293 g/mol. The van der Waals surface area contributed by atoms with Crippen molar-refractivity contribution < 1.29 is 14.7 Å². The minimum Gasteiger partial charge on any atom is -0.481 e. The number of H-pyrrole nitrogens is 1. The molecule has 0 radical (unpaired) electrons. The van der Waals surface area contributed by atoms with Gasteiger partial charge in [-0.1, -0.05) is 27.2 Å². The largest absolute Gasteiger partial charge is 0.481 e. The monoisotopic (exact) mass is 293 g/mol. The van der Waals surface area contributed by atoms with Crippen molar-refractivity contribution in [3.05, 3.63) is 11.8 Å². The molecule has 1 fully saturated rings. The van der Waals surface area contributed by atoms with Gasteiger partial charge in [-0.3, -0.25) is 14.7 Å². The standard InChI is InChI=1S/C15H23N3O3/c1-4-9-5-10(11(6-9)15(20)21)14(19)16-13-7-12(8(2)3)17-18-13/h7-11H,4-6H2,1-3H3,(H,20,21)(H2,16,17,18,19)/t9?,10-,11+/m0/s1. The number of hydrogen-bond acceptors (Lipinski definition) is 3. The second-order valence-electron chi connectivity index (χ2n) is 6.15. The number of nitrogens with one attached hydrogen (secondary N) is 2. The summed E-state index contributed by atoms with van der Waals surface area (Å²) in [6, 6.07) is 1.80. The molecule has 1 aromatic rings. The summed E-state index contributed by atoms with van der Waals surface area (Å²) in [4.78, 5) is 23.7. The van der Waals surface area contributed by atoms with Gasteiger partial charge in [-0.05, 0) is 24.7 Å². The van der Waals surface area contributed by atoms with Gasteiger partial charge in [0.25, 0.3) is 0 Å². The summed E-state index contributed by atoms with van der Waals surface area (Å²) >= 11 is 0. The molecule has 116 valence electrons. The number of anilines is 1. The number of nitrogens with zero attached hydrogens (tertiary/aromatic N) is 1. The number of aliphatic carboxylic acids is 1. The first kappa shape index (κ1) is 15.5. The van der Waals surface area contributed by atoms with E-state index < -0.39 is 17.8 Å². The van der Waals surface area contributed by atoms with E-state index in [2.05, 4.69) is 15.5 Å². The maximum absolute atomic E-state index is 12.3. The Bertz CT molecular complexity index is 524. The van der Waals surface area contributed by atoms with Gasteiger partial charge in [-0.25, -0.2) is 0 Å². The highest BCUT2D eigenvalue weighted by Gasteiger charge is 2.42. The Hall–Kier alpha value is -1.85. The number of amides is 1. The van der Waals surface area contributed by atoms with Crippen molar-refractivity contribution >= 4 is 17.7 Å². The second-order valence-corrected chi connectivity index (χ2v) is 6.15. The number of carboxylic acid groups (broad SMARTS) is 1. The second kappa shape index (κ2) is 6.28. The van der Waals surface area contributed by atoms with Gasteiger partial charge in [-0.2, -0.15) is 5.10 Å². The van der Waals surface area contributed by atoms with E-state index in [1.54, 1.807) is 6.07 Å². The lowest BCUT2D eigenvalue weighted by atomic mass is 9.95. The molecule has 0 aromatic carbocycles. The number of carboxylic acids is 1. The maximum atomic E-state index is 12.3. The van der Waals surface area contributed by atoms with E-state index in [0.29, 0.717) is 30.5 Å². The van der Waals surface area contributed by atoms with Gasteiger partial charge >= 0.3 is 5.97 Å². The van der Waals surface area contributed by atoms with Crippen molar-refractivity contribution in [2.45, 2.75) is 46.0 Å². The Labute approximate surface area is 124 Å². The van der Waals surface area contributed by atoms with E-state index in [-0.39, 0.29) is 5.91 Å². The zero-order chi connectivity index (χ0) is 15.6. The molecule has 2 rings (SSSR count). The number of carbonyl (C=O) groups is 2. The van der Waals surface area contributed by atoms with Gasteiger partial charge in [0.05, 0.1) is 11.8 Å².